The number of benzene rings is 1. The van der Waals surface area contributed by atoms with E-state index in [-0.39, 0.29) is 30.5 Å². The van der Waals surface area contributed by atoms with E-state index in [4.69, 9.17) is 18.1 Å². The molecule has 0 bridgehead atoms. The van der Waals surface area contributed by atoms with Gasteiger partial charge in [0, 0.05) is 0 Å². The second kappa shape index (κ2) is 11.5. The highest BCUT2D eigenvalue weighted by molar-refractivity contribution is 7.95. The minimum Gasteiger partial charge on any atom is -0.304 e. The van der Waals surface area contributed by atoms with Crippen molar-refractivity contribution in [3.63, 3.8) is 0 Å². The maximum Gasteiger partial charge on any atom is 0.449 e. The Morgan fingerprint density at radius 1 is 0.867 bits per heavy atom. The van der Waals surface area contributed by atoms with E-state index in [0.717, 1.165) is 12.1 Å². The SMILES string of the molecule is CCOP(=O)(OCC)C(=C(F)F)N(P(=O)(OCC)OCC)S(=O)(=O)c1ccccc1. The summed E-state index contributed by atoms with van der Waals surface area (Å²) < 4.78 is 101. The molecule has 0 aromatic heterocycles. The van der Waals surface area contributed by atoms with Gasteiger partial charge in [-0.05, 0) is 39.8 Å². The molecule has 1 rings (SSSR count). The summed E-state index contributed by atoms with van der Waals surface area (Å²) in [5, 5.41) is 0. The van der Waals surface area contributed by atoms with Crippen molar-refractivity contribution in [3.8, 4) is 0 Å². The Kier molecular flexibility index (Phi) is 10.3. The molecular weight excluding hydrogens is 466 g/mol. The van der Waals surface area contributed by atoms with Crippen LogP contribution in [0.4, 0.5) is 8.78 Å². The molecule has 14 heteroatoms. The highest BCUT2D eigenvalue weighted by Gasteiger charge is 2.53. The maximum absolute atomic E-state index is 14.2. The number of nitrogens with zero attached hydrogens (tertiary/aromatic N) is 1. The van der Waals surface area contributed by atoms with E-state index in [1.54, 1.807) is 0 Å². The van der Waals surface area contributed by atoms with E-state index in [1.165, 1.54) is 45.9 Å². The quantitative estimate of drug-likeness (QED) is 0.347. The molecule has 1 aromatic rings. The zero-order valence-electron chi connectivity index (χ0n) is 17.0. The second-order valence-electron chi connectivity index (χ2n) is 5.28. The van der Waals surface area contributed by atoms with Gasteiger partial charge in [-0.3, -0.25) is 13.6 Å². The van der Waals surface area contributed by atoms with Crippen LogP contribution in [0.15, 0.2) is 46.7 Å². The summed E-state index contributed by atoms with van der Waals surface area (Å²) in [4.78, 5) is -0.511. The molecule has 0 unspecified atom stereocenters. The van der Waals surface area contributed by atoms with Crippen molar-refractivity contribution in [2.24, 2.45) is 0 Å². The number of hydrogen-bond donors (Lipinski definition) is 0. The van der Waals surface area contributed by atoms with Crippen LogP contribution in [0.25, 0.3) is 0 Å². The predicted molar refractivity (Wildman–Crippen MR) is 106 cm³/mol. The molecule has 0 saturated heterocycles. The van der Waals surface area contributed by atoms with Gasteiger partial charge >= 0.3 is 21.4 Å². The first-order chi connectivity index (χ1) is 14.0. The molecule has 0 atom stereocenters. The summed E-state index contributed by atoms with van der Waals surface area (Å²) in [7, 11) is -15.0. The van der Waals surface area contributed by atoms with Crippen LogP contribution in [-0.2, 0) is 37.2 Å². The van der Waals surface area contributed by atoms with Crippen LogP contribution >= 0.6 is 15.3 Å². The Balaban J connectivity index is 3.98. The molecule has 9 nitrogen and oxygen atoms in total. The van der Waals surface area contributed by atoms with E-state index in [1.807, 2.05) is 0 Å². The lowest BCUT2D eigenvalue weighted by Gasteiger charge is -2.33. The molecule has 0 saturated carbocycles. The molecule has 0 amide bonds. The van der Waals surface area contributed by atoms with Gasteiger partial charge < -0.3 is 9.05 Å². The minimum atomic E-state index is -5.02. The fraction of sp³-hybridized carbons (Fsp3) is 0.500. The molecule has 1 aromatic carbocycles. The van der Waals surface area contributed by atoms with Crippen LogP contribution in [0.3, 0.4) is 0 Å². The van der Waals surface area contributed by atoms with Gasteiger partial charge in [-0.25, -0.2) is 13.0 Å². The van der Waals surface area contributed by atoms with Crippen LogP contribution in [0, 0.1) is 0 Å². The summed E-state index contributed by atoms with van der Waals surface area (Å²) in [5.74, 6) is 0. The zero-order chi connectivity index (χ0) is 23.0. The molecule has 172 valence electrons. The largest absolute Gasteiger partial charge is 0.449 e. The standard InChI is InChI=1S/C16H25F2NO8P2S/c1-5-24-28(20,25-6-2)16(15(17)18)19(29(21,26-7-3)27-8-4)30(22,23)14-12-10-9-11-13-14/h9-13H,5-8H2,1-4H3. The Labute approximate surface area is 175 Å². The third-order valence-electron chi connectivity index (χ3n) is 3.28. The molecule has 0 fully saturated rings. The lowest BCUT2D eigenvalue weighted by Crippen LogP contribution is -2.31. The summed E-state index contributed by atoms with van der Waals surface area (Å²) in [5.41, 5.74) is -1.72. The van der Waals surface area contributed by atoms with Gasteiger partial charge in [0.05, 0.1) is 31.3 Å². The van der Waals surface area contributed by atoms with Crippen LogP contribution < -0.4 is 0 Å². The number of rotatable bonds is 13. The summed E-state index contributed by atoms with van der Waals surface area (Å²) in [6.07, 6.45) is -2.74. The number of halogens is 2. The van der Waals surface area contributed by atoms with Gasteiger partial charge in [-0.1, -0.05) is 18.2 Å². The molecule has 0 aliphatic heterocycles. The maximum atomic E-state index is 14.2. The average molecular weight is 491 g/mol. The number of sulfonamides is 1. The van der Waals surface area contributed by atoms with Crippen molar-refractivity contribution in [1.82, 2.24) is 4.08 Å². The Morgan fingerprint density at radius 2 is 1.30 bits per heavy atom. The summed E-state index contributed by atoms with van der Waals surface area (Å²) in [6, 6.07) is 6.33. The van der Waals surface area contributed by atoms with E-state index in [2.05, 4.69) is 0 Å². The highest BCUT2D eigenvalue weighted by Crippen LogP contribution is 2.68. The van der Waals surface area contributed by atoms with Crippen LogP contribution in [0.1, 0.15) is 27.7 Å². The number of hydrogen-bond acceptors (Lipinski definition) is 8. The molecule has 0 heterocycles. The molecule has 0 aliphatic carbocycles. The zero-order valence-corrected chi connectivity index (χ0v) is 19.6. The summed E-state index contributed by atoms with van der Waals surface area (Å²) in [6.45, 7) is 3.99. The van der Waals surface area contributed by atoms with Gasteiger partial charge in [0.2, 0.25) is 5.44 Å². The van der Waals surface area contributed by atoms with Gasteiger partial charge in [0.1, 0.15) is 0 Å². The first-order valence-corrected chi connectivity index (χ1v) is 13.5. The van der Waals surface area contributed by atoms with Gasteiger partial charge in [-0.15, -0.1) is 0 Å². The van der Waals surface area contributed by atoms with Crippen molar-refractivity contribution in [1.29, 1.82) is 0 Å². The van der Waals surface area contributed by atoms with Gasteiger partial charge in [0.15, 0.2) is 0 Å². The van der Waals surface area contributed by atoms with Gasteiger partial charge in [-0.2, -0.15) is 12.9 Å². The first-order valence-electron chi connectivity index (χ1n) is 8.98. The normalized spacial score (nSPS) is 12.6. The van der Waals surface area contributed by atoms with E-state index in [0.29, 0.717) is 0 Å². The van der Waals surface area contributed by atoms with E-state index in [9.17, 15) is 26.3 Å². The Morgan fingerprint density at radius 3 is 1.67 bits per heavy atom. The lowest BCUT2D eigenvalue weighted by atomic mass is 10.4. The topological polar surface area (TPSA) is 108 Å². The molecule has 0 N–H and O–H groups in total. The smallest absolute Gasteiger partial charge is 0.304 e. The third-order valence-corrected chi connectivity index (χ3v) is 10.2. The van der Waals surface area contributed by atoms with Crippen LogP contribution in [0.2, 0.25) is 0 Å². The first kappa shape index (κ1) is 26.9. The molecule has 0 aliphatic rings. The molecule has 30 heavy (non-hydrogen) atoms. The summed E-state index contributed by atoms with van der Waals surface area (Å²) >= 11 is 0. The molecule has 0 radical (unpaired) electrons. The van der Waals surface area contributed by atoms with Crippen molar-refractivity contribution in [3.05, 3.63) is 41.9 Å². The van der Waals surface area contributed by atoms with Crippen molar-refractivity contribution >= 4 is 25.4 Å². The van der Waals surface area contributed by atoms with Crippen molar-refractivity contribution in [2.45, 2.75) is 32.6 Å². The fourth-order valence-electron chi connectivity index (χ4n) is 2.30. The highest BCUT2D eigenvalue weighted by atomic mass is 32.2. The van der Waals surface area contributed by atoms with Crippen molar-refractivity contribution < 1.29 is 44.4 Å². The Hall–Kier alpha value is -1.13. The van der Waals surface area contributed by atoms with Gasteiger partial charge in [0.25, 0.3) is 10.0 Å². The molecule has 0 spiro atoms. The van der Waals surface area contributed by atoms with Crippen LogP contribution in [0.5, 0.6) is 0 Å². The lowest BCUT2D eigenvalue weighted by molar-refractivity contribution is 0.188. The monoisotopic (exact) mass is 491 g/mol. The predicted octanol–water partition coefficient (Wildman–Crippen LogP) is 5.19. The minimum absolute atomic E-state index is 0.288. The van der Waals surface area contributed by atoms with Crippen LogP contribution in [-0.4, -0.2) is 38.9 Å². The third kappa shape index (κ3) is 5.97. The Bertz CT molecular complexity index is 902. The second-order valence-corrected chi connectivity index (χ2v) is 11.1. The fourth-order valence-corrected chi connectivity index (χ4v) is 8.86. The van der Waals surface area contributed by atoms with E-state index >= 15 is 0 Å². The van der Waals surface area contributed by atoms with Crippen molar-refractivity contribution in [2.75, 3.05) is 26.4 Å². The molecular formula is C16H25F2NO8P2S. The van der Waals surface area contributed by atoms with E-state index < -0.39 is 41.8 Å². The average Bonchev–Trinajstić information content (AvgIpc) is 2.66.